The molecule has 0 spiro atoms. The Labute approximate surface area is 131 Å². The van der Waals surface area contributed by atoms with E-state index in [1.165, 1.54) is 18.4 Å². The molecule has 0 radical (unpaired) electrons. The maximum absolute atomic E-state index is 6.29. The third-order valence-electron chi connectivity index (χ3n) is 3.61. The molecular weight excluding hydrogens is 314 g/mol. The highest BCUT2D eigenvalue weighted by atomic mass is 79.9. The van der Waals surface area contributed by atoms with Gasteiger partial charge in [0.25, 0.3) is 0 Å². The Bertz CT molecular complexity index is 400. The zero-order valence-electron chi connectivity index (χ0n) is 12.7. The van der Waals surface area contributed by atoms with E-state index in [4.69, 9.17) is 4.74 Å². The molecule has 2 unspecified atom stereocenters. The molecule has 1 aromatic carbocycles. The lowest BCUT2D eigenvalue weighted by Crippen LogP contribution is -2.27. The number of hydrogen-bond acceptors (Lipinski definition) is 2. The molecule has 0 heterocycles. The van der Waals surface area contributed by atoms with E-state index in [0.29, 0.717) is 12.0 Å². The first kappa shape index (κ1) is 16.0. The van der Waals surface area contributed by atoms with Crippen molar-refractivity contribution in [3.8, 4) is 0 Å². The van der Waals surface area contributed by atoms with Gasteiger partial charge in [-0.15, -0.1) is 0 Å². The summed E-state index contributed by atoms with van der Waals surface area (Å²) in [6.45, 7) is 7.59. The van der Waals surface area contributed by atoms with E-state index in [-0.39, 0.29) is 6.10 Å². The van der Waals surface area contributed by atoms with Crippen molar-refractivity contribution in [2.45, 2.75) is 58.3 Å². The van der Waals surface area contributed by atoms with Crippen LogP contribution in [0.1, 0.15) is 51.7 Å². The number of nitrogens with one attached hydrogen (secondary N) is 1. The fraction of sp³-hybridized carbons (Fsp3) is 0.647. The van der Waals surface area contributed by atoms with Crippen LogP contribution < -0.4 is 5.32 Å². The Morgan fingerprint density at radius 1 is 1.20 bits per heavy atom. The van der Waals surface area contributed by atoms with Crippen LogP contribution in [0.15, 0.2) is 28.7 Å². The molecule has 1 aliphatic rings. The number of ether oxygens (including phenoxy) is 1. The van der Waals surface area contributed by atoms with Crippen molar-refractivity contribution in [2.75, 3.05) is 6.54 Å². The lowest BCUT2D eigenvalue weighted by Gasteiger charge is -2.24. The molecule has 1 fully saturated rings. The van der Waals surface area contributed by atoms with Crippen LogP contribution in [0.25, 0.3) is 0 Å². The average molecular weight is 340 g/mol. The lowest BCUT2D eigenvalue weighted by molar-refractivity contribution is -0.0128. The quantitative estimate of drug-likeness (QED) is 0.741. The third kappa shape index (κ3) is 5.55. The molecule has 1 aliphatic carbocycles. The first-order chi connectivity index (χ1) is 9.54. The predicted octanol–water partition coefficient (Wildman–Crippen LogP) is 4.69. The van der Waals surface area contributed by atoms with Crippen LogP contribution in [-0.4, -0.2) is 18.7 Å². The zero-order valence-corrected chi connectivity index (χ0v) is 14.3. The van der Waals surface area contributed by atoms with Gasteiger partial charge in [-0.2, -0.15) is 0 Å². The maximum Gasteiger partial charge on any atom is 0.0952 e. The summed E-state index contributed by atoms with van der Waals surface area (Å²) in [5.41, 5.74) is 1.26. The normalized spacial score (nSPS) is 18.2. The zero-order chi connectivity index (χ0) is 14.5. The van der Waals surface area contributed by atoms with E-state index < -0.39 is 0 Å². The highest BCUT2D eigenvalue weighted by molar-refractivity contribution is 9.10. The number of halogens is 1. The van der Waals surface area contributed by atoms with Crippen LogP contribution in [0.5, 0.6) is 0 Å². The largest absolute Gasteiger partial charge is 0.369 e. The number of hydrogen-bond donors (Lipinski definition) is 1. The Morgan fingerprint density at radius 3 is 2.40 bits per heavy atom. The Kier molecular flexibility index (Phi) is 6.06. The van der Waals surface area contributed by atoms with Gasteiger partial charge in [-0.25, -0.2) is 0 Å². The molecule has 1 aromatic rings. The minimum atomic E-state index is 0.150. The van der Waals surface area contributed by atoms with E-state index >= 15 is 0 Å². The second-order valence-corrected chi connectivity index (χ2v) is 7.21. The van der Waals surface area contributed by atoms with Gasteiger partial charge >= 0.3 is 0 Å². The molecule has 0 bridgehead atoms. The number of rotatable bonds is 8. The van der Waals surface area contributed by atoms with E-state index in [9.17, 15) is 0 Å². The van der Waals surface area contributed by atoms with Crippen LogP contribution in [0.2, 0.25) is 0 Å². The van der Waals surface area contributed by atoms with Crippen molar-refractivity contribution >= 4 is 15.9 Å². The maximum atomic E-state index is 6.29. The summed E-state index contributed by atoms with van der Waals surface area (Å²) in [4.78, 5) is 0. The lowest BCUT2D eigenvalue weighted by atomic mass is 10.1. The van der Waals surface area contributed by atoms with Gasteiger partial charge < -0.3 is 10.1 Å². The fourth-order valence-corrected chi connectivity index (χ4v) is 2.75. The Hall–Kier alpha value is -0.380. The second kappa shape index (κ2) is 7.58. The monoisotopic (exact) mass is 339 g/mol. The van der Waals surface area contributed by atoms with Gasteiger partial charge in [0.1, 0.15) is 0 Å². The molecule has 1 N–H and O–H groups in total. The van der Waals surface area contributed by atoms with Crippen molar-refractivity contribution in [1.82, 2.24) is 5.32 Å². The molecule has 1 saturated carbocycles. The molecule has 0 aromatic heterocycles. The minimum absolute atomic E-state index is 0.150. The topological polar surface area (TPSA) is 21.3 Å². The van der Waals surface area contributed by atoms with E-state index in [1.807, 2.05) is 0 Å². The third-order valence-corrected chi connectivity index (χ3v) is 4.14. The molecule has 0 amide bonds. The van der Waals surface area contributed by atoms with E-state index in [0.717, 1.165) is 23.5 Å². The van der Waals surface area contributed by atoms with Gasteiger partial charge in [-0.05, 0) is 49.8 Å². The predicted molar refractivity (Wildman–Crippen MR) is 87.9 cm³/mol. The summed E-state index contributed by atoms with van der Waals surface area (Å²) in [6.07, 6.45) is 4.18. The van der Waals surface area contributed by atoms with Crippen molar-refractivity contribution < 1.29 is 4.74 Å². The van der Waals surface area contributed by atoms with Gasteiger partial charge in [0.15, 0.2) is 0 Å². The smallest absolute Gasteiger partial charge is 0.0952 e. The molecule has 20 heavy (non-hydrogen) atoms. The van der Waals surface area contributed by atoms with Crippen molar-refractivity contribution in [3.63, 3.8) is 0 Å². The van der Waals surface area contributed by atoms with Gasteiger partial charge in [0.05, 0.1) is 12.2 Å². The SMILES string of the molecule is CC(C)CC(C)OC(CNC1CC1)c1ccc(Br)cc1. The molecular formula is C17H26BrNO. The summed E-state index contributed by atoms with van der Waals surface area (Å²) >= 11 is 3.49. The average Bonchev–Trinajstić information content (AvgIpc) is 3.18. The van der Waals surface area contributed by atoms with Gasteiger partial charge in [-0.1, -0.05) is 41.9 Å². The van der Waals surface area contributed by atoms with E-state index in [1.54, 1.807) is 0 Å². The fourth-order valence-electron chi connectivity index (χ4n) is 2.48. The van der Waals surface area contributed by atoms with E-state index in [2.05, 4.69) is 66.3 Å². The van der Waals surface area contributed by atoms with Crippen molar-refractivity contribution in [1.29, 1.82) is 0 Å². The summed E-state index contributed by atoms with van der Waals surface area (Å²) in [5.74, 6) is 0.673. The summed E-state index contributed by atoms with van der Waals surface area (Å²) < 4.78 is 7.40. The second-order valence-electron chi connectivity index (χ2n) is 6.30. The summed E-state index contributed by atoms with van der Waals surface area (Å²) in [7, 11) is 0. The van der Waals surface area contributed by atoms with Crippen molar-refractivity contribution in [2.24, 2.45) is 5.92 Å². The first-order valence-corrected chi connectivity index (χ1v) is 8.48. The van der Waals surface area contributed by atoms with Crippen LogP contribution in [0.4, 0.5) is 0 Å². The molecule has 2 rings (SSSR count). The Morgan fingerprint density at radius 2 is 1.85 bits per heavy atom. The first-order valence-electron chi connectivity index (χ1n) is 7.69. The molecule has 0 saturated heterocycles. The molecule has 2 nitrogen and oxygen atoms in total. The minimum Gasteiger partial charge on any atom is -0.369 e. The Balaban J connectivity index is 1.96. The van der Waals surface area contributed by atoms with Crippen LogP contribution in [0, 0.1) is 5.92 Å². The van der Waals surface area contributed by atoms with Gasteiger partial charge in [0.2, 0.25) is 0 Å². The van der Waals surface area contributed by atoms with Gasteiger partial charge in [0, 0.05) is 17.1 Å². The summed E-state index contributed by atoms with van der Waals surface area (Å²) in [5, 5.41) is 3.59. The number of benzene rings is 1. The highest BCUT2D eigenvalue weighted by Crippen LogP contribution is 2.25. The van der Waals surface area contributed by atoms with Crippen LogP contribution in [-0.2, 0) is 4.74 Å². The summed E-state index contributed by atoms with van der Waals surface area (Å²) in [6, 6.07) is 9.22. The standard InChI is InChI=1S/C17H26BrNO/c1-12(2)10-13(3)20-17(11-19-16-8-9-16)14-4-6-15(18)7-5-14/h4-7,12-13,16-17,19H,8-11H2,1-3H3. The van der Waals surface area contributed by atoms with Crippen LogP contribution >= 0.6 is 15.9 Å². The molecule has 3 heteroatoms. The van der Waals surface area contributed by atoms with Gasteiger partial charge in [-0.3, -0.25) is 0 Å². The highest BCUT2D eigenvalue weighted by Gasteiger charge is 2.23. The van der Waals surface area contributed by atoms with Crippen molar-refractivity contribution in [3.05, 3.63) is 34.3 Å². The molecule has 112 valence electrons. The molecule has 2 atom stereocenters. The molecule has 0 aliphatic heterocycles. The van der Waals surface area contributed by atoms with Crippen LogP contribution in [0.3, 0.4) is 0 Å².